The van der Waals surface area contributed by atoms with Gasteiger partial charge in [-0.25, -0.2) is 8.78 Å². The van der Waals surface area contributed by atoms with Gasteiger partial charge >= 0.3 is 0 Å². The Labute approximate surface area is 131 Å². The first-order valence-electron chi connectivity index (χ1n) is 6.76. The molecular formula is C17H12ClF2NO. The molecule has 0 bridgehead atoms. The van der Waals surface area contributed by atoms with Gasteiger partial charge in [0.15, 0.2) is 0 Å². The lowest BCUT2D eigenvalue weighted by molar-refractivity contribution is -0.110. The van der Waals surface area contributed by atoms with Crippen LogP contribution >= 0.6 is 11.6 Å². The second-order valence-corrected chi connectivity index (χ2v) is 5.34. The van der Waals surface area contributed by atoms with E-state index in [-0.39, 0.29) is 17.0 Å². The van der Waals surface area contributed by atoms with Gasteiger partial charge in [-0.1, -0.05) is 12.1 Å². The number of hydrogen-bond acceptors (Lipinski definition) is 1. The van der Waals surface area contributed by atoms with Gasteiger partial charge in [-0.3, -0.25) is 4.79 Å². The summed E-state index contributed by atoms with van der Waals surface area (Å²) >= 11 is 5.73. The highest BCUT2D eigenvalue weighted by Crippen LogP contribution is 2.34. The number of amides is 1. The fraction of sp³-hybridized carbons (Fsp3) is 0.118. The van der Waals surface area contributed by atoms with Crippen molar-refractivity contribution in [3.63, 3.8) is 0 Å². The molecule has 0 aromatic heterocycles. The molecule has 2 aromatic carbocycles. The summed E-state index contributed by atoms with van der Waals surface area (Å²) in [5.74, 6) is -1.32. The Morgan fingerprint density at radius 3 is 2.55 bits per heavy atom. The predicted molar refractivity (Wildman–Crippen MR) is 83.7 cm³/mol. The molecule has 1 N–H and O–H groups in total. The van der Waals surface area contributed by atoms with Gasteiger partial charge in [0.25, 0.3) is 5.91 Å². The maximum absolute atomic E-state index is 13.8. The molecule has 0 atom stereocenters. The highest BCUT2D eigenvalue weighted by atomic mass is 35.5. The second kappa shape index (κ2) is 5.89. The third-order valence-electron chi connectivity index (χ3n) is 3.54. The fourth-order valence-electron chi connectivity index (χ4n) is 2.44. The number of alkyl halides is 1. The standard InChI is InChI=1S/C17H12ClF2NO/c18-7-6-10-4-5-16-11(8-10)12(17(22)21-16)9-13-14(19)2-1-3-15(13)20/h1-5,8-9H,6-7H2,(H,21,22). The molecule has 5 heteroatoms. The maximum atomic E-state index is 13.8. The number of hydrogen-bond donors (Lipinski definition) is 1. The monoisotopic (exact) mass is 319 g/mol. The van der Waals surface area contributed by atoms with Crippen LogP contribution in [0.15, 0.2) is 36.4 Å². The van der Waals surface area contributed by atoms with Crippen molar-refractivity contribution in [3.8, 4) is 0 Å². The van der Waals surface area contributed by atoms with Gasteiger partial charge in [-0.2, -0.15) is 0 Å². The number of fused-ring (bicyclic) bond motifs is 1. The summed E-state index contributed by atoms with van der Waals surface area (Å²) < 4.78 is 27.5. The van der Waals surface area contributed by atoms with Crippen molar-refractivity contribution in [2.24, 2.45) is 0 Å². The average molecular weight is 320 g/mol. The Balaban J connectivity index is 2.11. The minimum Gasteiger partial charge on any atom is -0.321 e. The normalized spacial score (nSPS) is 15.0. The first-order chi connectivity index (χ1) is 10.6. The van der Waals surface area contributed by atoms with E-state index < -0.39 is 11.6 Å². The Hall–Kier alpha value is -2.20. The number of carbonyl (C=O) groups excluding carboxylic acids is 1. The summed E-state index contributed by atoms with van der Waals surface area (Å²) in [4.78, 5) is 12.1. The Bertz CT molecular complexity index is 766. The first kappa shape index (κ1) is 14.7. The van der Waals surface area contributed by atoms with Crippen molar-refractivity contribution in [3.05, 3.63) is 64.7 Å². The average Bonchev–Trinajstić information content (AvgIpc) is 2.79. The molecule has 1 heterocycles. The number of anilines is 1. The topological polar surface area (TPSA) is 29.1 Å². The van der Waals surface area contributed by atoms with Crippen molar-refractivity contribution in [1.82, 2.24) is 0 Å². The van der Waals surface area contributed by atoms with E-state index in [0.717, 1.165) is 17.7 Å². The lowest BCUT2D eigenvalue weighted by Crippen LogP contribution is -2.04. The third-order valence-corrected chi connectivity index (χ3v) is 3.73. The zero-order chi connectivity index (χ0) is 15.7. The predicted octanol–water partition coefficient (Wildman–Crippen LogP) is 4.24. The van der Waals surface area contributed by atoms with Crippen LogP contribution in [0.5, 0.6) is 0 Å². The van der Waals surface area contributed by atoms with Crippen LogP contribution in [0.1, 0.15) is 16.7 Å². The van der Waals surface area contributed by atoms with Crippen LogP contribution in [-0.2, 0) is 11.2 Å². The zero-order valence-corrected chi connectivity index (χ0v) is 12.3. The highest BCUT2D eigenvalue weighted by molar-refractivity contribution is 6.35. The molecule has 1 aliphatic rings. The molecule has 2 aromatic rings. The van der Waals surface area contributed by atoms with Gasteiger partial charge in [0, 0.05) is 28.3 Å². The summed E-state index contributed by atoms with van der Waals surface area (Å²) in [6.07, 6.45) is 1.90. The van der Waals surface area contributed by atoms with E-state index in [2.05, 4.69) is 5.32 Å². The van der Waals surface area contributed by atoms with Crippen molar-refractivity contribution in [1.29, 1.82) is 0 Å². The van der Waals surface area contributed by atoms with E-state index in [1.165, 1.54) is 12.1 Å². The lowest BCUT2D eigenvalue weighted by atomic mass is 10.0. The molecule has 0 spiro atoms. The molecule has 2 nitrogen and oxygen atoms in total. The Kier molecular flexibility index (Phi) is 3.94. The van der Waals surface area contributed by atoms with E-state index in [0.29, 0.717) is 23.6 Å². The minimum absolute atomic E-state index is 0.219. The van der Waals surface area contributed by atoms with Crippen LogP contribution in [0.25, 0.3) is 11.6 Å². The van der Waals surface area contributed by atoms with Crippen molar-refractivity contribution in [2.45, 2.75) is 6.42 Å². The van der Waals surface area contributed by atoms with Crippen LogP contribution < -0.4 is 5.32 Å². The summed E-state index contributed by atoms with van der Waals surface area (Å²) in [5.41, 5.74) is 2.26. The van der Waals surface area contributed by atoms with E-state index in [1.54, 1.807) is 6.07 Å². The molecule has 0 fully saturated rings. The van der Waals surface area contributed by atoms with Crippen LogP contribution in [0, 0.1) is 11.6 Å². The number of benzene rings is 2. The van der Waals surface area contributed by atoms with Crippen LogP contribution in [0.3, 0.4) is 0 Å². The van der Waals surface area contributed by atoms with Gasteiger partial charge in [0.1, 0.15) is 11.6 Å². The van der Waals surface area contributed by atoms with Crippen LogP contribution in [-0.4, -0.2) is 11.8 Å². The smallest absolute Gasteiger partial charge is 0.256 e. The quantitative estimate of drug-likeness (QED) is 0.665. The minimum atomic E-state index is -0.703. The number of halogens is 3. The van der Waals surface area contributed by atoms with Crippen LogP contribution in [0.4, 0.5) is 14.5 Å². The third kappa shape index (κ3) is 2.62. The van der Waals surface area contributed by atoms with Crippen molar-refractivity contribution >= 4 is 34.8 Å². The molecule has 22 heavy (non-hydrogen) atoms. The van der Waals surface area contributed by atoms with Gasteiger partial charge < -0.3 is 5.32 Å². The molecule has 0 radical (unpaired) electrons. The number of aryl methyl sites for hydroxylation is 1. The summed E-state index contributed by atoms with van der Waals surface area (Å²) in [5, 5.41) is 2.69. The molecule has 0 saturated heterocycles. The Morgan fingerprint density at radius 1 is 1.14 bits per heavy atom. The number of nitrogens with one attached hydrogen (secondary N) is 1. The first-order valence-corrected chi connectivity index (χ1v) is 7.30. The molecule has 1 aliphatic heterocycles. The van der Waals surface area contributed by atoms with Gasteiger partial charge in [-0.15, -0.1) is 11.6 Å². The molecule has 0 aliphatic carbocycles. The summed E-state index contributed by atoms with van der Waals surface area (Å²) in [6, 6.07) is 9.07. The van der Waals surface area contributed by atoms with Gasteiger partial charge in [-0.05, 0) is 42.3 Å². The van der Waals surface area contributed by atoms with E-state index >= 15 is 0 Å². The van der Waals surface area contributed by atoms with Crippen molar-refractivity contribution < 1.29 is 13.6 Å². The SMILES string of the molecule is O=C1Nc2ccc(CCCl)cc2C1=Cc1c(F)cccc1F. The zero-order valence-electron chi connectivity index (χ0n) is 11.5. The lowest BCUT2D eigenvalue weighted by Gasteiger charge is -2.04. The maximum Gasteiger partial charge on any atom is 0.256 e. The molecule has 0 saturated carbocycles. The molecule has 112 valence electrons. The van der Waals surface area contributed by atoms with E-state index in [9.17, 15) is 13.6 Å². The summed E-state index contributed by atoms with van der Waals surface area (Å²) in [7, 11) is 0. The fourth-order valence-corrected chi connectivity index (χ4v) is 2.65. The number of carbonyl (C=O) groups is 1. The second-order valence-electron chi connectivity index (χ2n) is 4.97. The summed E-state index contributed by atoms with van der Waals surface area (Å²) in [6.45, 7) is 0. The largest absolute Gasteiger partial charge is 0.321 e. The molecule has 0 unspecified atom stereocenters. The van der Waals surface area contributed by atoms with E-state index in [1.807, 2.05) is 12.1 Å². The Morgan fingerprint density at radius 2 is 1.86 bits per heavy atom. The number of rotatable bonds is 3. The molecule has 3 rings (SSSR count). The van der Waals surface area contributed by atoms with Crippen LogP contribution in [0.2, 0.25) is 0 Å². The van der Waals surface area contributed by atoms with Crippen molar-refractivity contribution in [2.75, 3.05) is 11.2 Å². The van der Waals surface area contributed by atoms with Gasteiger partial charge in [0.2, 0.25) is 0 Å². The molecular weight excluding hydrogens is 308 g/mol. The van der Waals surface area contributed by atoms with Gasteiger partial charge in [0.05, 0.1) is 0 Å². The highest BCUT2D eigenvalue weighted by Gasteiger charge is 2.25. The molecule has 1 amide bonds. The van der Waals surface area contributed by atoms with E-state index in [4.69, 9.17) is 11.6 Å².